The maximum atomic E-state index is 4.21. The lowest BCUT2D eigenvalue weighted by atomic mass is 10.2. The normalized spacial score (nSPS) is 10.5. The van der Waals surface area contributed by atoms with Gasteiger partial charge in [0.2, 0.25) is 0 Å². The van der Waals surface area contributed by atoms with Crippen LogP contribution in [0.5, 0.6) is 0 Å². The molecule has 2 rings (SSSR count). The number of aromatic nitrogens is 1. The second kappa shape index (κ2) is 2.06. The van der Waals surface area contributed by atoms with E-state index in [2.05, 4.69) is 23.8 Å². The number of aromatic amines is 1. The Labute approximate surface area is 64.5 Å². The number of para-hydroxylation sites is 1. The summed E-state index contributed by atoms with van der Waals surface area (Å²) in [6, 6.07) is 8.00. The van der Waals surface area contributed by atoms with E-state index < -0.39 is 0 Å². The van der Waals surface area contributed by atoms with Crippen molar-refractivity contribution in [3.05, 3.63) is 30.5 Å². The van der Waals surface area contributed by atoms with E-state index in [1.807, 2.05) is 24.3 Å². The highest BCUT2D eigenvalue weighted by atomic mass is 32.1. The van der Waals surface area contributed by atoms with Gasteiger partial charge < -0.3 is 4.98 Å². The molecule has 0 aliphatic carbocycles. The van der Waals surface area contributed by atoms with Crippen molar-refractivity contribution in [2.45, 2.75) is 4.90 Å². The Morgan fingerprint density at radius 1 is 1.30 bits per heavy atom. The molecule has 10 heavy (non-hydrogen) atoms. The number of hydrogen-bond donors (Lipinski definition) is 2. The maximum absolute atomic E-state index is 4.21. The van der Waals surface area contributed by atoms with Gasteiger partial charge in [-0.25, -0.2) is 0 Å². The monoisotopic (exact) mass is 148 g/mol. The zero-order chi connectivity index (χ0) is 6.97. The first-order valence-electron chi connectivity index (χ1n) is 3.05. The largest absolute Gasteiger partial charge is 0.352 e. The van der Waals surface area contributed by atoms with Gasteiger partial charge in [0.25, 0.3) is 0 Å². The molecule has 0 amide bonds. The molecule has 2 aromatic rings. The Morgan fingerprint density at radius 2 is 2.10 bits per heavy atom. The van der Waals surface area contributed by atoms with Crippen LogP contribution in [0.25, 0.3) is 10.9 Å². The molecule has 0 atom stereocenters. The molecular weight excluding hydrogens is 142 g/mol. The fourth-order valence-electron chi connectivity index (χ4n) is 0.992. The van der Waals surface area contributed by atoms with Crippen LogP contribution in [0.4, 0.5) is 0 Å². The molecule has 0 bridgehead atoms. The Morgan fingerprint density at radius 3 is 2.90 bits per heavy atom. The lowest BCUT2D eigenvalue weighted by molar-refractivity contribution is 1.40. The number of H-pyrrole nitrogens is 1. The van der Waals surface area contributed by atoms with Gasteiger partial charge >= 0.3 is 0 Å². The van der Waals surface area contributed by atoms with Gasteiger partial charge in [-0.2, -0.15) is 0 Å². The SMILES string of the molecule is Sc1[c][nH]c2ccccc12. The fourth-order valence-corrected chi connectivity index (χ4v) is 1.24. The second-order valence-corrected chi connectivity index (χ2v) is 2.59. The van der Waals surface area contributed by atoms with Crippen LogP contribution in [0.15, 0.2) is 29.2 Å². The number of fused-ring (bicyclic) bond motifs is 1. The highest BCUT2D eigenvalue weighted by Gasteiger charge is 1.96. The summed E-state index contributed by atoms with van der Waals surface area (Å²) in [4.78, 5) is 3.87. The summed E-state index contributed by atoms with van der Waals surface area (Å²) < 4.78 is 0. The first-order valence-corrected chi connectivity index (χ1v) is 3.50. The number of benzene rings is 1. The molecule has 1 N–H and O–H groups in total. The minimum Gasteiger partial charge on any atom is -0.352 e. The van der Waals surface area contributed by atoms with E-state index in [4.69, 9.17) is 0 Å². The van der Waals surface area contributed by atoms with Crippen molar-refractivity contribution < 1.29 is 0 Å². The lowest BCUT2D eigenvalue weighted by Gasteiger charge is -1.86. The predicted molar refractivity (Wildman–Crippen MR) is 44.4 cm³/mol. The van der Waals surface area contributed by atoms with Gasteiger partial charge in [0.05, 0.1) is 6.20 Å². The van der Waals surface area contributed by atoms with Crippen molar-refractivity contribution >= 4 is 23.5 Å². The van der Waals surface area contributed by atoms with E-state index in [1.165, 1.54) is 0 Å². The Balaban J connectivity index is 2.93. The molecule has 0 spiro atoms. The fraction of sp³-hybridized carbons (Fsp3) is 0. The zero-order valence-electron chi connectivity index (χ0n) is 5.26. The molecular formula is C8H6NS. The summed E-state index contributed by atoms with van der Waals surface area (Å²) in [6.45, 7) is 0. The third-order valence-corrected chi connectivity index (χ3v) is 1.85. The highest BCUT2D eigenvalue weighted by Crippen LogP contribution is 2.19. The summed E-state index contributed by atoms with van der Waals surface area (Å²) in [5, 5.41) is 1.13. The number of thiol groups is 1. The van der Waals surface area contributed by atoms with Crippen molar-refractivity contribution in [2.75, 3.05) is 0 Å². The summed E-state index contributed by atoms with van der Waals surface area (Å²) >= 11 is 4.21. The van der Waals surface area contributed by atoms with Gasteiger partial charge in [-0.3, -0.25) is 0 Å². The summed E-state index contributed by atoms with van der Waals surface area (Å²) in [5.41, 5.74) is 1.09. The molecule has 0 fully saturated rings. The van der Waals surface area contributed by atoms with E-state index in [0.29, 0.717) is 0 Å². The molecule has 0 saturated heterocycles. The second-order valence-electron chi connectivity index (χ2n) is 2.14. The van der Waals surface area contributed by atoms with E-state index in [-0.39, 0.29) is 0 Å². The molecule has 0 saturated carbocycles. The Hall–Kier alpha value is -0.890. The molecule has 1 nitrogen and oxygen atoms in total. The Bertz CT molecular complexity index is 351. The standard InChI is InChI=1S/C8H6NS/c10-8-5-9-7-4-2-1-3-6(7)8/h1-4,9-10H. The summed E-state index contributed by atoms with van der Waals surface area (Å²) in [7, 11) is 0. The minimum atomic E-state index is 0.885. The number of hydrogen-bond acceptors (Lipinski definition) is 1. The van der Waals surface area contributed by atoms with Gasteiger partial charge in [0.15, 0.2) is 0 Å². The molecule has 1 radical (unpaired) electrons. The zero-order valence-corrected chi connectivity index (χ0v) is 6.15. The molecule has 0 aliphatic rings. The topological polar surface area (TPSA) is 15.8 Å². The van der Waals surface area contributed by atoms with Crippen LogP contribution in [0, 0.1) is 6.20 Å². The average molecular weight is 148 g/mol. The van der Waals surface area contributed by atoms with Gasteiger partial charge in [-0.05, 0) is 6.07 Å². The smallest absolute Gasteiger partial charge is 0.0777 e. The van der Waals surface area contributed by atoms with Crippen molar-refractivity contribution in [3.8, 4) is 0 Å². The first kappa shape index (κ1) is 5.86. The van der Waals surface area contributed by atoms with E-state index in [1.54, 1.807) is 0 Å². The molecule has 0 aliphatic heterocycles. The molecule has 2 heteroatoms. The van der Waals surface area contributed by atoms with Crippen LogP contribution in [-0.2, 0) is 0 Å². The van der Waals surface area contributed by atoms with Crippen LogP contribution in [-0.4, -0.2) is 4.98 Å². The van der Waals surface area contributed by atoms with Crippen LogP contribution in [0.3, 0.4) is 0 Å². The Kier molecular flexibility index (Phi) is 1.21. The molecule has 1 aromatic heterocycles. The molecule has 1 aromatic carbocycles. The van der Waals surface area contributed by atoms with Gasteiger partial charge in [0, 0.05) is 15.8 Å². The number of rotatable bonds is 0. The van der Waals surface area contributed by atoms with Crippen LogP contribution in [0.1, 0.15) is 0 Å². The first-order chi connectivity index (χ1) is 4.88. The number of nitrogens with one attached hydrogen (secondary N) is 1. The van der Waals surface area contributed by atoms with E-state index in [0.717, 1.165) is 15.8 Å². The van der Waals surface area contributed by atoms with Gasteiger partial charge in [-0.1, -0.05) is 18.2 Å². The van der Waals surface area contributed by atoms with Crippen molar-refractivity contribution in [2.24, 2.45) is 0 Å². The van der Waals surface area contributed by atoms with Gasteiger partial charge in [-0.15, -0.1) is 12.6 Å². The highest BCUT2D eigenvalue weighted by molar-refractivity contribution is 7.80. The molecule has 1 heterocycles. The molecule has 49 valence electrons. The average Bonchev–Trinajstić information content (AvgIpc) is 2.34. The quantitative estimate of drug-likeness (QED) is 0.533. The third-order valence-electron chi connectivity index (χ3n) is 1.50. The lowest BCUT2D eigenvalue weighted by Crippen LogP contribution is -1.63. The maximum Gasteiger partial charge on any atom is 0.0777 e. The van der Waals surface area contributed by atoms with Gasteiger partial charge in [0.1, 0.15) is 0 Å². The molecule has 0 unspecified atom stereocenters. The summed E-state index contributed by atoms with van der Waals surface area (Å²) in [5.74, 6) is 0. The van der Waals surface area contributed by atoms with E-state index in [9.17, 15) is 0 Å². The van der Waals surface area contributed by atoms with Crippen LogP contribution in [0.2, 0.25) is 0 Å². The van der Waals surface area contributed by atoms with Crippen LogP contribution < -0.4 is 0 Å². The van der Waals surface area contributed by atoms with Crippen molar-refractivity contribution in [1.29, 1.82) is 0 Å². The van der Waals surface area contributed by atoms with Crippen molar-refractivity contribution in [1.82, 2.24) is 4.98 Å². The van der Waals surface area contributed by atoms with E-state index >= 15 is 0 Å². The van der Waals surface area contributed by atoms with Crippen LogP contribution >= 0.6 is 12.6 Å². The minimum absolute atomic E-state index is 0.885. The van der Waals surface area contributed by atoms with Crippen molar-refractivity contribution in [3.63, 3.8) is 0 Å². The summed E-state index contributed by atoms with van der Waals surface area (Å²) in [6.07, 6.45) is 2.92. The predicted octanol–water partition coefficient (Wildman–Crippen LogP) is 2.26. The third kappa shape index (κ3) is 0.727.